The van der Waals surface area contributed by atoms with E-state index >= 15 is 0 Å². The predicted octanol–water partition coefficient (Wildman–Crippen LogP) is 4.45. The second-order valence-electron chi connectivity index (χ2n) is 7.64. The van der Waals surface area contributed by atoms with E-state index in [0.717, 1.165) is 25.1 Å². The molecule has 1 amide bonds. The van der Waals surface area contributed by atoms with Crippen molar-refractivity contribution in [2.75, 3.05) is 6.54 Å². The number of carbonyl (C=O) groups excluding carboxylic acids is 1. The molecule has 29 heavy (non-hydrogen) atoms. The lowest BCUT2D eigenvalue weighted by molar-refractivity contribution is -0.124. The Labute approximate surface area is 172 Å². The summed E-state index contributed by atoms with van der Waals surface area (Å²) in [6.45, 7) is 8.47. The van der Waals surface area contributed by atoms with Crippen LogP contribution < -0.4 is 5.48 Å². The van der Waals surface area contributed by atoms with Crippen molar-refractivity contribution in [2.24, 2.45) is 0 Å². The summed E-state index contributed by atoms with van der Waals surface area (Å²) in [5.41, 5.74) is 7.59. The van der Waals surface area contributed by atoms with Gasteiger partial charge in [-0.05, 0) is 56.0 Å². The first-order chi connectivity index (χ1) is 14.0. The fourth-order valence-electron chi connectivity index (χ4n) is 3.61. The molecule has 1 aromatic heterocycles. The van der Waals surface area contributed by atoms with E-state index in [1.54, 1.807) is 11.6 Å². The molecule has 5 nitrogen and oxygen atoms in total. The molecule has 0 aliphatic heterocycles. The van der Waals surface area contributed by atoms with Crippen LogP contribution in [0.2, 0.25) is 0 Å². The van der Waals surface area contributed by atoms with Crippen LogP contribution in [0.3, 0.4) is 0 Å². The highest BCUT2D eigenvalue weighted by atomic mass is 16.5. The number of hydrogen-bond acceptors (Lipinski definition) is 3. The molecule has 152 valence electrons. The van der Waals surface area contributed by atoms with E-state index in [1.165, 1.54) is 33.8 Å². The number of hydrogen-bond donors (Lipinski definition) is 3. The minimum absolute atomic E-state index is 0.438. The maximum atomic E-state index is 11.1. The number of hydroxylamine groups is 1. The first-order valence-electron chi connectivity index (χ1n) is 9.99. The van der Waals surface area contributed by atoms with Gasteiger partial charge in [0.2, 0.25) is 0 Å². The minimum atomic E-state index is -0.535. The molecule has 0 bridgehead atoms. The Morgan fingerprint density at radius 3 is 2.59 bits per heavy atom. The molecule has 0 aliphatic rings. The van der Waals surface area contributed by atoms with Gasteiger partial charge in [-0.15, -0.1) is 0 Å². The fourth-order valence-corrected chi connectivity index (χ4v) is 3.61. The van der Waals surface area contributed by atoms with Crippen molar-refractivity contribution in [1.29, 1.82) is 0 Å². The molecule has 2 aromatic carbocycles. The maximum absolute atomic E-state index is 11.1. The van der Waals surface area contributed by atoms with Crippen molar-refractivity contribution in [3.63, 3.8) is 0 Å². The van der Waals surface area contributed by atoms with Crippen LogP contribution in [0.15, 0.2) is 54.6 Å². The standard InChI is InChI=1S/C24H29N3O2/c1-17(2)27(15-14-21-18(3)25-23-7-5-4-6-22(21)23)16-20-10-8-19(9-11-20)12-13-24(28)26-29/h4-13,17,25,29H,14-16H2,1-3H3,(H,26,28)/b13-12+. The van der Waals surface area contributed by atoms with Crippen LogP contribution in [0.5, 0.6) is 0 Å². The third kappa shape index (κ3) is 5.34. The van der Waals surface area contributed by atoms with Gasteiger partial charge < -0.3 is 4.98 Å². The van der Waals surface area contributed by atoms with E-state index in [1.807, 2.05) is 12.1 Å². The molecule has 0 radical (unpaired) electrons. The second kappa shape index (κ2) is 9.54. The van der Waals surface area contributed by atoms with E-state index in [2.05, 4.69) is 67.1 Å². The summed E-state index contributed by atoms with van der Waals surface area (Å²) >= 11 is 0. The molecule has 1 heterocycles. The monoisotopic (exact) mass is 391 g/mol. The van der Waals surface area contributed by atoms with Crippen molar-refractivity contribution in [3.05, 3.63) is 77.0 Å². The third-order valence-corrected chi connectivity index (χ3v) is 5.31. The van der Waals surface area contributed by atoms with Gasteiger partial charge in [-0.3, -0.25) is 14.9 Å². The topological polar surface area (TPSA) is 68.4 Å². The van der Waals surface area contributed by atoms with Crippen LogP contribution in [0.1, 0.15) is 36.2 Å². The van der Waals surface area contributed by atoms with Gasteiger partial charge in [0.25, 0.3) is 5.91 Å². The first kappa shape index (κ1) is 20.8. The Hall–Kier alpha value is -2.89. The van der Waals surface area contributed by atoms with Crippen molar-refractivity contribution in [1.82, 2.24) is 15.4 Å². The maximum Gasteiger partial charge on any atom is 0.267 e. The number of carbonyl (C=O) groups is 1. The molecule has 0 aliphatic carbocycles. The summed E-state index contributed by atoms with van der Waals surface area (Å²) < 4.78 is 0. The molecular formula is C24H29N3O2. The smallest absolute Gasteiger partial charge is 0.267 e. The number of para-hydroxylation sites is 1. The largest absolute Gasteiger partial charge is 0.358 e. The number of fused-ring (bicyclic) bond motifs is 1. The van der Waals surface area contributed by atoms with Gasteiger partial charge >= 0.3 is 0 Å². The molecule has 0 fully saturated rings. The van der Waals surface area contributed by atoms with Crippen molar-refractivity contribution < 1.29 is 10.0 Å². The number of rotatable bonds is 8. The number of aromatic nitrogens is 1. The molecular weight excluding hydrogens is 362 g/mol. The molecule has 0 saturated heterocycles. The Morgan fingerprint density at radius 2 is 1.90 bits per heavy atom. The quantitative estimate of drug-likeness (QED) is 0.302. The fraction of sp³-hybridized carbons (Fsp3) is 0.292. The molecule has 5 heteroatoms. The van der Waals surface area contributed by atoms with Gasteiger partial charge in [0, 0.05) is 41.8 Å². The lowest BCUT2D eigenvalue weighted by Crippen LogP contribution is -2.32. The van der Waals surface area contributed by atoms with Crippen molar-refractivity contribution in [2.45, 2.75) is 39.8 Å². The summed E-state index contributed by atoms with van der Waals surface area (Å²) in [6.07, 6.45) is 3.99. The van der Waals surface area contributed by atoms with Crippen molar-refractivity contribution in [3.8, 4) is 0 Å². The summed E-state index contributed by atoms with van der Waals surface area (Å²) in [5, 5.41) is 9.86. The molecule has 0 unspecified atom stereocenters. The van der Waals surface area contributed by atoms with Crippen LogP contribution in [0.25, 0.3) is 17.0 Å². The number of aryl methyl sites for hydroxylation is 1. The van der Waals surface area contributed by atoms with E-state index < -0.39 is 5.91 Å². The van der Waals surface area contributed by atoms with Crippen molar-refractivity contribution >= 4 is 22.9 Å². The van der Waals surface area contributed by atoms with Gasteiger partial charge in [0.05, 0.1) is 0 Å². The van der Waals surface area contributed by atoms with Gasteiger partial charge in [0.15, 0.2) is 0 Å². The van der Waals surface area contributed by atoms with Crippen LogP contribution in [-0.2, 0) is 17.8 Å². The molecule has 3 aromatic rings. The highest BCUT2D eigenvalue weighted by molar-refractivity contribution is 5.90. The zero-order valence-electron chi connectivity index (χ0n) is 17.3. The van der Waals surface area contributed by atoms with Gasteiger partial charge in [-0.1, -0.05) is 42.5 Å². The highest BCUT2D eigenvalue weighted by Crippen LogP contribution is 2.23. The van der Waals surface area contributed by atoms with Crippen LogP contribution in [-0.4, -0.2) is 33.6 Å². The average Bonchev–Trinajstić information content (AvgIpc) is 3.05. The third-order valence-electron chi connectivity index (χ3n) is 5.31. The van der Waals surface area contributed by atoms with E-state index in [-0.39, 0.29) is 0 Å². The number of H-pyrrole nitrogens is 1. The van der Waals surface area contributed by atoms with E-state index in [9.17, 15) is 4.79 Å². The lowest BCUT2D eigenvalue weighted by Gasteiger charge is -2.26. The Bertz CT molecular complexity index is 987. The number of amides is 1. The SMILES string of the molecule is Cc1[nH]c2ccccc2c1CCN(Cc1ccc(/C=C/C(=O)NO)cc1)C(C)C. The van der Waals surface area contributed by atoms with Gasteiger partial charge in [0.1, 0.15) is 0 Å². The molecule has 3 rings (SSSR count). The van der Waals surface area contributed by atoms with Gasteiger partial charge in [-0.25, -0.2) is 5.48 Å². The molecule has 3 N–H and O–H groups in total. The second-order valence-corrected chi connectivity index (χ2v) is 7.64. The number of aromatic amines is 1. The summed E-state index contributed by atoms with van der Waals surface area (Å²) in [5.74, 6) is -0.535. The summed E-state index contributed by atoms with van der Waals surface area (Å²) in [4.78, 5) is 17.1. The number of nitrogens with zero attached hydrogens (tertiary/aromatic N) is 1. The number of nitrogens with one attached hydrogen (secondary N) is 2. The first-order valence-corrected chi connectivity index (χ1v) is 9.99. The predicted molar refractivity (Wildman–Crippen MR) is 118 cm³/mol. The highest BCUT2D eigenvalue weighted by Gasteiger charge is 2.13. The number of benzene rings is 2. The Morgan fingerprint density at radius 1 is 1.17 bits per heavy atom. The molecule has 0 atom stereocenters. The van der Waals surface area contributed by atoms with E-state index in [4.69, 9.17) is 5.21 Å². The summed E-state index contributed by atoms with van der Waals surface area (Å²) in [6, 6.07) is 17.1. The minimum Gasteiger partial charge on any atom is -0.358 e. The molecule has 0 saturated carbocycles. The van der Waals surface area contributed by atoms with Crippen LogP contribution >= 0.6 is 0 Å². The van der Waals surface area contributed by atoms with Crippen LogP contribution in [0, 0.1) is 6.92 Å². The molecule has 0 spiro atoms. The summed E-state index contributed by atoms with van der Waals surface area (Å²) in [7, 11) is 0. The van der Waals surface area contributed by atoms with E-state index in [0.29, 0.717) is 6.04 Å². The average molecular weight is 392 g/mol. The Balaban J connectivity index is 1.66. The zero-order valence-corrected chi connectivity index (χ0v) is 17.3. The lowest BCUT2D eigenvalue weighted by atomic mass is 10.1. The van der Waals surface area contributed by atoms with Crippen LogP contribution in [0.4, 0.5) is 0 Å². The van der Waals surface area contributed by atoms with Gasteiger partial charge in [-0.2, -0.15) is 0 Å². The Kier molecular flexibility index (Phi) is 6.86. The normalized spacial score (nSPS) is 11.8. The zero-order chi connectivity index (χ0) is 20.8.